The van der Waals surface area contributed by atoms with Gasteiger partial charge in [-0.2, -0.15) is 0 Å². The van der Waals surface area contributed by atoms with Crippen LogP contribution in [0.2, 0.25) is 0 Å². The Morgan fingerprint density at radius 1 is 1.03 bits per heavy atom. The number of hydrogen-bond acceptors (Lipinski definition) is 5. The third-order valence-electron chi connectivity index (χ3n) is 5.78. The number of benzene rings is 2. The van der Waals surface area contributed by atoms with Crippen LogP contribution in [0.25, 0.3) is 22.5 Å². The van der Waals surface area contributed by atoms with Crippen LogP contribution in [0.15, 0.2) is 74.3 Å². The van der Waals surface area contributed by atoms with Crippen LogP contribution >= 0.6 is 0 Å². The molecule has 4 aromatic rings. The summed E-state index contributed by atoms with van der Waals surface area (Å²) in [6.45, 7) is 1.67. The summed E-state index contributed by atoms with van der Waals surface area (Å²) in [5, 5.41) is 5.73. The van der Waals surface area contributed by atoms with Gasteiger partial charge in [-0.25, -0.2) is 0 Å². The van der Waals surface area contributed by atoms with Crippen molar-refractivity contribution in [1.82, 2.24) is 5.32 Å². The number of nitrogens with one attached hydrogen (secondary N) is 2. The highest BCUT2D eigenvalue weighted by molar-refractivity contribution is 5.99. The first-order valence-corrected chi connectivity index (χ1v) is 10.8. The number of carbonyl (C=O) groups excluding carboxylic acids is 2. The molecule has 1 unspecified atom stereocenters. The quantitative estimate of drug-likeness (QED) is 0.498. The molecule has 2 N–H and O–H groups in total. The van der Waals surface area contributed by atoms with Crippen LogP contribution in [0.1, 0.15) is 23.3 Å². The Morgan fingerprint density at radius 3 is 2.61 bits per heavy atom. The van der Waals surface area contributed by atoms with E-state index in [1.165, 1.54) is 6.07 Å². The Hall–Kier alpha value is -4.13. The average Bonchev–Trinajstić information content (AvgIpc) is 3.07. The molecule has 2 amide bonds. The lowest BCUT2D eigenvalue weighted by Gasteiger charge is -2.15. The lowest BCUT2D eigenvalue weighted by Crippen LogP contribution is -2.43. The van der Waals surface area contributed by atoms with Crippen molar-refractivity contribution in [3.05, 3.63) is 87.8 Å². The van der Waals surface area contributed by atoms with E-state index < -0.39 is 6.04 Å². The first-order valence-electron chi connectivity index (χ1n) is 10.8. The van der Waals surface area contributed by atoms with Gasteiger partial charge >= 0.3 is 0 Å². The molecule has 33 heavy (non-hydrogen) atoms. The normalized spacial score (nSPS) is 15.5. The molecule has 0 saturated carbocycles. The molecule has 7 heteroatoms. The Labute approximate surface area is 189 Å². The fourth-order valence-electron chi connectivity index (χ4n) is 4.20. The number of anilines is 1. The van der Waals surface area contributed by atoms with E-state index in [2.05, 4.69) is 10.6 Å². The summed E-state index contributed by atoms with van der Waals surface area (Å²) in [6.07, 6.45) is 1.05. The fraction of sp³-hybridized carbons (Fsp3) is 0.192. The topological polar surface area (TPSA) is 102 Å². The Balaban J connectivity index is 1.45. The van der Waals surface area contributed by atoms with Gasteiger partial charge in [0.1, 0.15) is 17.6 Å². The lowest BCUT2D eigenvalue weighted by atomic mass is 10.0. The molecule has 0 aliphatic carbocycles. The van der Waals surface area contributed by atoms with Crippen molar-refractivity contribution in [3.8, 4) is 11.3 Å². The summed E-state index contributed by atoms with van der Waals surface area (Å²) in [4.78, 5) is 38.2. The minimum atomic E-state index is -0.669. The van der Waals surface area contributed by atoms with Gasteiger partial charge in [-0.15, -0.1) is 0 Å². The van der Waals surface area contributed by atoms with Gasteiger partial charge in [-0.1, -0.05) is 48.5 Å². The Bertz CT molecular complexity index is 1420. The molecule has 7 nitrogen and oxygen atoms in total. The van der Waals surface area contributed by atoms with Crippen LogP contribution in [0.5, 0.6) is 0 Å². The van der Waals surface area contributed by atoms with Gasteiger partial charge in [0, 0.05) is 17.3 Å². The molecule has 0 bridgehead atoms. The SMILES string of the molecule is Cc1cc(=O)c2oc(-c3ccccc3)c(CC(=O)NC3CCc4ccccc4NC3=O)c2o1. The molecule has 1 aliphatic rings. The molecule has 0 saturated heterocycles. The third-order valence-corrected chi connectivity index (χ3v) is 5.78. The first-order chi connectivity index (χ1) is 16.0. The number of amides is 2. The van der Waals surface area contributed by atoms with Crippen molar-refractivity contribution in [1.29, 1.82) is 0 Å². The number of para-hydroxylation sites is 1. The number of aryl methyl sites for hydroxylation is 2. The summed E-state index contributed by atoms with van der Waals surface area (Å²) in [7, 11) is 0. The summed E-state index contributed by atoms with van der Waals surface area (Å²) in [5.41, 5.74) is 3.03. The summed E-state index contributed by atoms with van der Waals surface area (Å²) in [5.74, 6) is 0.224. The second-order valence-corrected chi connectivity index (χ2v) is 8.14. The molecule has 3 heterocycles. The number of rotatable bonds is 4. The lowest BCUT2D eigenvalue weighted by molar-refractivity contribution is -0.126. The molecule has 1 aliphatic heterocycles. The molecular formula is C26H22N2O5. The van der Waals surface area contributed by atoms with Crippen molar-refractivity contribution in [2.75, 3.05) is 5.32 Å². The van der Waals surface area contributed by atoms with Crippen LogP contribution in [-0.2, 0) is 22.4 Å². The number of furan rings is 1. The highest BCUT2D eigenvalue weighted by Crippen LogP contribution is 2.33. The van der Waals surface area contributed by atoms with Crippen molar-refractivity contribution < 1.29 is 18.4 Å². The van der Waals surface area contributed by atoms with Gasteiger partial charge in [0.25, 0.3) is 0 Å². The monoisotopic (exact) mass is 442 g/mol. The maximum Gasteiger partial charge on any atom is 0.246 e. The van der Waals surface area contributed by atoms with E-state index in [0.717, 1.165) is 16.8 Å². The third kappa shape index (κ3) is 4.05. The predicted molar refractivity (Wildman–Crippen MR) is 124 cm³/mol. The van der Waals surface area contributed by atoms with Gasteiger partial charge < -0.3 is 19.5 Å². The van der Waals surface area contributed by atoms with Gasteiger partial charge in [0.15, 0.2) is 5.58 Å². The molecular weight excluding hydrogens is 420 g/mol. The van der Waals surface area contributed by atoms with E-state index in [4.69, 9.17) is 8.83 Å². The number of fused-ring (bicyclic) bond motifs is 2. The minimum absolute atomic E-state index is 0.0740. The van der Waals surface area contributed by atoms with Crippen LogP contribution in [-0.4, -0.2) is 17.9 Å². The second kappa shape index (κ2) is 8.43. The zero-order valence-corrected chi connectivity index (χ0v) is 18.0. The minimum Gasteiger partial charge on any atom is -0.457 e. The first kappa shape index (κ1) is 20.8. The molecule has 2 aromatic carbocycles. The smallest absolute Gasteiger partial charge is 0.246 e. The highest BCUT2D eigenvalue weighted by Gasteiger charge is 2.27. The van der Waals surface area contributed by atoms with E-state index in [-0.39, 0.29) is 34.8 Å². The van der Waals surface area contributed by atoms with Crippen molar-refractivity contribution >= 4 is 28.7 Å². The molecule has 0 radical (unpaired) electrons. The molecule has 0 spiro atoms. The van der Waals surface area contributed by atoms with Crippen molar-refractivity contribution in [3.63, 3.8) is 0 Å². The van der Waals surface area contributed by atoms with Crippen LogP contribution < -0.4 is 16.1 Å². The zero-order chi connectivity index (χ0) is 22.9. The van der Waals surface area contributed by atoms with E-state index in [0.29, 0.717) is 29.9 Å². The molecule has 5 rings (SSSR count). The van der Waals surface area contributed by atoms with Gasteiger partial charge in [-0.3, -0.25) is 14.4 Å². The zero-order valence-electron chi connectivity index (χ0n) is 18.0. The van der Waals surface area contributed by atoms with E-state index in [1.54, 1.807) is 6.92 Å². The Morgan fingerprint density at radius 2 is 1.79 bits per heavy atom. The molecule has 2 aromatic heterocycles. The largest absolute Gasteiger partial charge is 0.457 e. The molecule has 1 atom stereocenters. The average molecular weight is 442 g/mol. The van der Waals surface area contributed by atoms with Crippen molar-refractivity contribution in [2.45, 2.75) is 32.2 Å². The predicted octanol–water partition coefficient (Wildman–Crippen LogP) is 3.97. The van der Waals surface area contributed by atoms with E-state index >= 15 is 0 Å². The fourth-order valence-corrected chi connectivity index (χ4v) is 4.20. The standard InChI is InChI=1S/C26H22N2O5/c1-15-13-21(29)25-24(32-15)18(23(33-25)17-8-3-2-4-9-17)14-22(30)27-20-12-11-16-7-5-6-10-19(16)28-26(20)31/h2-10,13,20H,11-12,14H2,1H3,(H,27,30)(H,28,31). The maximum absolute atomic E-state index is 13.1. The van der Waals surface area contributed by atoms with Crippen LogP contribution in [0.4, 0.5) is 5.69 Å². The maximum atomic E-state index is 13.1. The molecule has 166 valence electrons. The number of carbonyl (C=O) groups is 2. The summed E-state index contributed by atoms with van der Waals surface area (Å²) < 4.78 is 11.7. The van der Waals surface area contributed by atoms with Crippen LogP contribution in [0, 0.1) is 6.92 Å². The second-order valence-electron chi connectivity index (χ2n) is 8.14. The summed E-state index contributed by atoms with van der Waals surface area (Å²) >= 11 is 0. The summed E-state index contributed by atoms with van der Waals surface area (Å²) in [6, 6.07) is 17.5. The van der Waals surface area contributed by atoms with Gasteiger partial charge in [0.2, 0.25) is 22.8 Å². The number of hydrogen-bond donors (Lipinski definition) is 2. The highest BCUT2D eigenvalue weighted by atomic mass is 16.4. The van der Waals surface area contributed by atoms with Crippen molar-refractivity contribution in [2.24, 2.45) is 0 Å². The van der Waals surface area contributed by atoms with Gasteiger partial charge in [0.05, 0.1) is 12.0 Å². The molecule has 0 fully saturated rings. The van der Waals surface area contributed by atoms with E-state index in [9.17, 15) is 14.4 Å². The Kier molecular flexibility index (Phi) is 5.30. The van der Waals surface area contributed by atoms with E-state index in [1.807, 2.05) is 54.6 Å². The van der Waals surface area contributed by atoms with Crippen LogP contribution in [0.3, 0.4) is 0 Å². The van der Waals surface area contributed by atoms with Gasteiger partial charge in [-0.05, 0) is 31.4 Å².